The van der Waals surface area contributed by atoms with Crippen LogP contribution in [0.2, 0.25) is 0 Å². The number of fused-ring (bicyclic) bond motifs is 1. The van der Waals surface area contributed by atoms with Crippen molar-refractivity contribution in [1.82, 2.24) is 0 Å². The molecule has 0 aliphatic heterocycles. The van der Waals surface area contributed by atoms with Crippen molar-refractivity contribution in [2.75, 3.05) is 7.11 Å². The van der Waals surface area contributed by atoms with Gasteiger partial charge in [-0.1, -0.05) is 15.9 Å². The SMILES string of the molecule is COc1ccc2c(Br)cc(C)c(C=O)c2c1. The summed E-state index contributed by atoms with van der Waals surface area (Å²) in [5.74, 6) is 0.758. The predicted molar refractivity (Wildman–Crippen MR) is 68.3 cm³/mol. The summed E-state index contributed by atoms with van der Waals surface area (Å²) in [5, 5.41) is 1.94. The topological polar surface area (TPSA) is 26.3 Å². The zero-order valence-electron chi connectivity index (χ0n) is 9.08. The zero-order valence-corrected chi connectivity index (χ0v) is 10.7. The third kappa shape index (κ3) is 1.71. The Bertz CT molecular complexity index is 561. The molecule has 2 rings (SSSR count). The smallest absolute Gasteiger partial charge is 0.150 e. The lowest BCUT2D eigenvalue weighted by atomic mass is 10.0. The van der Waals surface area contributed by atoms with Gasteiger partial charge >= 0.3 is 0 Å². The van der Waals surface area contributed by atoms with Gasteiger partial charge in [-0.2, -0.15) is 0 Å². The Morgan fingerprint density at radius 2 is 2.00 bits per heavy atom. The molecule has 0 aliphatic carbocycles. The monoisotopic (exact) mass is 278 g/mol. The first-order chi connectivity index (χ1) is 7.67. The van der Waals surface area contributed by atoms with Crippen LogP contribution in [0.15, 0.2) is 28.7 Å². The summed E-state index contributed by atoms with van der Waals surface area (Å²) in [6.45, 7) is 1.92. The first-order valence-corrected chi connectivity index (χ1v) is 5.68. The lowest BCUT2D eigenvalue weighted by Gasteiger charge is -2.09. The second-order valence-corrected chi connectivity index (χ2v) is 4.47. The molecule has 0 amide bonds. The van der Waals surface area contributed by atoms with Gasteiger partial charge in [-0.05, 0) is 47.5 Å². The van der Waals surface area contributed by atoms with E-state index in [1.807, 2.05) is 31.2 Å². The van der Waals surface area contributed by atoms with Gasteiger partial charge in [-0.3, -0.25) is 4.79 Å². The highest BCUT2D eigenvalue weighted by atomic mass is 79.9. The minimum atomic E-state index is 0.720. The first-order valence-electron chi connectivity index (χ1n) is 4.89. The molecule has 16 heavy (non-hydrogen) atoms. The third-order valence-electron chi connectivity index (χ3n) is 2.66. The van der Waals surface area contributed by atoms with Crippen molar-refractivity contribution in [1.29, 1.82) is 0 Å². The highest BCUT2D eigenvalue weighted by Crippen LogP contribution is 2.31. The van der Waals surface area contributed by atoms with E-state index in [0.717, 1.165) is 38.4 Å². The van der Waals surface area contributed by atoms with E-state index in [1.54, 1.807) is 7.11 Å². The molecule has 0 heterocycles. The fourth-order valence-electron chi connectivity index (χ4n) is 1.80. The van der Waals surface area contributed by atoms with Gasteiger partial charge in [0.05, 0.1) is 7.11 Å². The summed E-state index contributed by atoms with van der Waals surface area (Å²) in [6.07, 6.45) is 0.892. The minimum Gasteiger partial charge on any atom is -0.497 e. The highest BCUT2D eigenvalue weighted by molar-refractivity contribution is 9.10. The molecule has 0 N–H and O–H groups in total. The fraction of sp³-hybridized carbons (Fsp3) is 0.154. The number of carbonyl (C=O) groups excluding carboxylic acids is 1. The fourth-order valence-corrected chi connectivity index (χ4v) is 2.48. The largest absolute Gasteiger partial charge is 0.497 e. The standard InChI is InChI=1S/C13H11BrO2/c1-8-5-13(14)10-4-3-9(16-2)6-11(10)12(8)7-15/h3-7H,1-2H3. The summed E-state index contributed by atoms with van der Waals surface area (Å²) >= 11 is 3.50. The Hall–Kier alpha value is -1.35. The molecular weight excluding hydrogens is 268 g/mol. The van der Waals surface area contributed by atoms with E-state index in [2.05, 4.69) is 15.9 Å². The van der Waals surface area contributed by atoms with Gasteiger partial charge in [-0.25, -0.2) is 0 Å². The van der Waals surface area contributed by atoms with Crippen molar-refractivity contribution in [3.63, 3.8) is 0 Å². The van der Waals surface area contributed by atoms with E-state index in [4.69, 9.17) is 4.74 Å². The van der Waals surface area contributed by atoms with Gasteiger partial charge in [0.2, 0.25) is 0 Å². The number of benzene rings is 2. The molecule has 2 aromatic rings. The Labute approximate surface area is 102 Å². The summed E-state index contributed by atoms with van der Waals surface area (Å²) < 4.78 is 6.16. The second kappa shape index (κ2) is 4.26. The van der Waals surface area contributed by atoms with Gasteiger partial charge in [0.25, 0.3) is 0 Å². The molecule has 0 saturated heterocycles. The van der Waals surface area contributed by atoms with E-state index in [9.17, 15) is 4.79 Å². The number of carbonyl (C=O) groups is 1. The van der Waals surface area contributed by atoms with Crippen molar-refractivity contribution >= 4 is 33.0 Å². The number of rotatable bonds is 2. The van der Waals surface area contributed by atoms with Crippen LogP contribution in [0.1, 0.15) is 15.9 Å². The molecular formula is C13H11BrO2. The van der Waals surface area contributed by atoms with Crippen molar-refractivity contribution in [3.05, 3.63) is 39.9 Å². The number of ether oxygens (including phenoxy) is 1. The molecule has 0 saturated carbocycles. The number of methoxy groups -OCH3 is 1. The number of halogens is 1. The van der Waals surface area contributed by atoms with Gasteiger partial charge in [-0.15, -0.1) is 0 Å². The van der Waals surface area contributed by atoms with Crippen LogP contribution in [0.4, 0.5) is 0 Å². The van der Waals surface area contributed by atoms with E-state index in [1.165, 1.54) is 0 Å². The summed E-state index contributed by atoms with van der Waals surface area (Å²) in [7, 11) is 1.62. The van der Waals surface area contributed by atoms with Gasteiger partial charge < -0.3 is 4.74 Å². The molecule has 0 aliphatic rings. The van der Waals surface area contributed by atoms with Crippen molar-refractivity contribution in [2.24, 2.45) is 0 Å². The van der Waals surface area contributed by atoms with E-state index in [0.29, 0.717) is 0 Å². The maximum atomic E-state index is 11.1. The van der Waals surface area contributed by atoms with Crippen LogP contribution < -0.4 is 4.74 Å². The van der Waals surface area contributed by atoms with Crippen LogP contribution >= 0.6 is 15.9 Å². The molecule has 2 nitrogen and oxygen atoms in total. The van der Waals surface area contributed by atoms with Crippen molar-refractivity contribution in [2.45, 2.75) is 6.92 Å². The molecule has 0 unspecified atom stereocenters. The molecule has 0 radical (unpaired) electrons. The number of aryl methyl sites for hydroxylation is 1. The van der Waals surface area contributed by atoms with Crippen molar-refractivity contribution in [3.8, 4) is 5.75 Å². The normalized spacial score (nSPS) is 10.4. The van der Waals surface area contributed by atoms with Crippen LogP contribution in [0.3, 0.4) is 0 Å². The van der Waals surface area contributed by atoms with Crippen molar-refractivity contribution < 1.29 is 9.53 Å². The predicted octanol–water partition coefficient (Wildman–Crippen LogP) is 3.73. The molecule has 2 aromatic carbocycles. The van der Waals surface area contributed by atoms with Crippen LogP contribution in [0.25, 0.3) is 10.8 Å². The average Bonchev–Trinajstić information content (AvgIpc) is 2.28. The Morgan fingerprint density at radius 1 is 1.25 bits per heavy atom. The van der Waals surface area contributed by atoms with E-state index >= 15 is 0 Å². The van der Waals surface area contributed by atoms with E-state index in [-0.39, 0.29) is 0 Å². The number of hydrogen-bond acceptors (Lipinski definition) is 2. The molecule has 0 aromatic heterocycles. The Morgan fingerprint density at radius 3 is 2.62 bits per heavy atom. The van der Waals surface area contributed by atoms with Gasteiger partial charge in [0.1, 0.15) is 5.75 Å². The highest BCUT2D eigenvalue weighted by Gasteiger charge is 2.08. The third-order valence-corrected chi connectivity index (χ3v) is 3.32. The van der Waals surface area contributed by atoms with Crippen LogP contribution in [-0.4, -0.2) is 13.4 Å². The summed E-state index contributed by atoms with van der Waals surface area (Å²) in [5.41, 5.74) is 1.68. The average molecular weight is 279 g/mol. The van der Waals surface area contributed by atoms with E-state index < -0.39 is 0 Å². The lowest BCUT2D eigenvalue weighted by Crippen LogP contribution is -1.91. The summed E-state index contributed by atoms with van der Waals surface area (Å²) in [6, 6.07) is 7.68. The Balaban J connectivity index is 2.89. The van der Waals surface area contributed by atoms with Crippen LogP contribution in [0.5, 0.6) is 5.75 Å². The van der Waals surface area contributed by atoms with Crippen LogP contribution in [0, 0.1) is 6.92 Å². The molecule has 3 heteroatoms. The lowest BCUT2D eigenvalue weighted by molar-refractivity contribution is 0.112. The second-order valence-electron chi connectivity index (χ2n) is 3.62. The first kappa shape index (κ1) is 11.1. The van der Waals surface area contributed by atoms with Gasteiger partial charge in [0, 0.05) is 10.0 Å². The maximum Gasteiger partial charge on any atom is 0.150 e. The van der Waals surface area contributed by atoms with Crippen LogP contribution in [-0.2, 0) is 0 Å². The maximum absolute atomic E-state index is 11.1. The molecule has 0 bridgehead atoms. The Kier molecular flexibility index (Phi) is 2.97. The zero-order chi connectivity index (χ0) is 11.7. The van der Waals surface area contributed by atoms with Gasteiger partial charge in [0.15, 0.2) is 6.29 Å². The molecule has 82 valence electrons. The number of hydrogen-bond donors (Lipinski definition) is 0. The number of aldehydes is 1. The summed E-state index contributed by atoms with van der Waals surface area (Å²) in [4.78, 5) is 11.1. The molecule has 0 atom stereocenters. The molecule has 0 spiro atoms. The quantitative estimate of drug-likeness (QED) is 0.783. The minimum absolute atomic E-state index is 0.720. The molecule has 0 fully saturated rings.